The van der Waals surface area contributed by atoms with E-state index in [4.69, 9.17) is 14.2 Å². The Morgan fingerprint density at radius 1 is 1.31 bits per heavy atom. The van der Waals surface area contributed by atoms with E-state index in [1.807, 2.05) is 20.8 Å². The van der Waals surface area contributed by atoms with Crippen molar-refractivity contribution in [2.45, 2.75) is 51.7 Å². The van der Waals surface area contributed by atoms with E-state index in [-0.39, 0.29) is 12.1 Å². The lowest BCUT2D eigenvalue weighted by atomic mass is 10.1. The monoisotopic (exact) mass is 230 g/mol. The summed E-state index contributed by atoms with van der Waals surface area (Å²) in [5, 5.41) is 0. The molecule has 94 valence electrons. The third-order valence-electron chi connectivity index (χ3n) is 2.25. The second kappa shape index (κ2) is 6.21. The molecule has 1 saturated heterocycles. The van der Waals surface area contributed by atoms with Crippen molar-refractivity contribution < 1.29 is 19.0 Å². The topological polar surface area (TPSA) is 44.8 Å². The van der Waals surface area contributed by atoms with Crippen LogP contribution in [-0.4, -0.2) is 37.5 Å². The van der Waals surface area contributed by atoms with Crippen LogP contribution in [0.4, 0.5) is 0 Å². The average Bonchev–Trinajstić information content (AvgIpc) is 2.16. The third-order valence-corrected chi connectivity index (χ3v) is 2.25. The molecular weight excluding hydrogens is 208 g/mol. The predicted octanol–water partition coefficient (Wildman–Crippen LogP) is 1.91. The van der Waals surface area contributed by atoms with Crippen molar-refractivity contribution in [3.05, 3.63) is 0 Å². The molecule has 4 nitrogen and oxygen atoms in total. The van der Waals surface area contributed by atoms with Crippen LogP contribution in [0.3, 0.4) is 0 Å². The summed E-state index contributed by atoms with van der Waals surface area (Å²) in [7, 11) is 0. The minimum atomic E-state index is -0.407. The first-order valence-electron chi connectivity index (χ1n) is 5.88. The van der Waals surface area contributed by atoms with E-state index in [0.29, 0.717) is 13.0 Å². The first-order chi connectivity index (χ1) is 7.47. The maximum absolute atomic E-state index is 11.4. The maximum Gasteiger partial charge on any atom is 0.308 e. The standard InChI is InChI=1S/C12H22O4/c1-12(2,3)16-11(13)6-9-15-10-4-7-14-8-5-10/h10H,4-9H2,1-3H3. The van der Waals surface area contributed by atoms with Gasteiger partial charge in [-0.05, 0) is 33.6 Å². The Labute approximate surface area is 97.2 Å². The van der Waals surface area contributed by atoms with Gasteiger partial charge in [-0.15, -0.1) is 0 Å². The number of esters is 1. The molecule has 0 radical (unpaired) electrons. The highest BCUT2D eigenvalue weighted by Gasteiger charge is 2.18. The molecule has 0 N–H and O–H groups in total. The third kappa shape index (κ3) is 6.08. The molecular formula is C12H22O4. The SMILES string of the molecule is CC(C)(C)OC(=O)CCOC1CCOCC1. The van der Waals surface area contributed by atoms with Crippen LogP contribution in [0, 0.1) is 0 Å². The Kier molecular flexibility index (Phi) is 5.22. The molecule has 0 atom stereocenters. The van der Waals surface area contributed by atoms with Gasteiger partial charge >= 0.3 is 5.97 Å². The van der Waals surface area contributed by atoms with Gasteiger partial charge in [0.25, 0.3) is 0 Å². The zero-order chi connectivity index (χ0) is 12.0. The van der Waals surface area contributed by atoms with E-state index < -0.39 is 5.60 Å². The summed E-state index contributed by atoms with van der Waals surface area (Å²) in [4.78, 5) is 11.4. The lowest BCUT2D eigenvalue weighted by Crippen LogP contribution is -2.27. The second-order valence-electron chi connectivity index (χ2n) is 5.02. The summed E-state index contributed by atoms with van der Waals surface area (Å²) in [6.07, 6.45) is 2.42. The fourth-order valence-electron chi connectivity index (χ4n) is 1.54. The van der Waals surface area contributed by atoms with Crippen molar-refractivity contribution in [1.82, 2.24) is 0 Å². The van der Waals surface area contributed by atoms with E-state index in [1.54, 1.807) is 0 Å². The van der Waals surface area contributed by atoms with Gasteiger partial charge in [-0.2, -0.15) is 0 Å². The number of carbonyl (C=O) groups is 1. The molecule has 1 heterocycles. The molecule has 0 aromatic carbocycles. The highest BCUT2D eigenvalue weighted by Crippen LogP contribution is 2.12. The number of ether oxygens (including phenoxy) is 3. The van der Waals surface area contributed by atoms with E-state index in [0.717, 1.165) is 26.1 Å². The summed E-state index contributed by atoms with van der Waals surface area (Å²) in [5.41, 5.74) is -0.407. The van der Waals surface area contributed by atoms with Crippen LogP contribution in [0.25, 0.3) is 0 Å². The first-order valence-corrected chi connectivity index (χ1v) is 5.88. The molecule has 0 aromatic heterocycles. The summed E-state index contributed by atoms with van der Waals surface area (Å²) >= 11 is 0. The van der Waals surface area contributed by atoms with Crippen LogP contribution in [0.15, 0.2) is 0 Å². The lowest BCUT2D eigenvalue weighted by Gasteiger charge is -2.23. The number of hydrogen-bond donors (Lipinski definition) is 0. The Hall–Kier alpha value is -0.610. The second-order valence-corrected chi connectivity index (χ2v) is 5.02. The minimum Gasteiger partial charge on any atom is -0.460 e. The molecule has 1 aliphatic rings. The molecule has 0 aliphatic carbocycles. The molecule has 0 unspecified atom stereocenters. The summed E-state index contributed by atoms with van der Waals surface area (Å²) in [5.74, 6) is -0.195. The molecule has 4 heteroatoms. The summed E-state index contributed by atoms with van der Waals surface area (Å²) < 4.78 is 16.0. The van der Waals surface area contributed by atoms with Gasteiger partial charge in [-0.3, -0.25) is 4.79 Å². The van der Waals surface area contributed by atoms with Gasteiger partial charge in [0.1, 0.15) is 5.60 Å². The zero-order valence-corrected chi connectivity index (χ0v) is 10.5. The van der Waals surface area contributed by atoms with E-state index in [2.05, 4.69) is 0 Å². The number of rotatable bonds is 4. The van der Waals surface area contributed by atoms with Crippen LogP contribution in [0.1, 0.15) is 40.0 Å². The van der Waals surface area contributed by atoms with Crippen molar-refractivity contribution in [2.24, 2.45) is 0 Å². The molecule has 0 aromatic rings. The normalized spacial score (nSPS) is 18.4. The minimum absolute atomic E-state index is 0.195. The van der Waals surface area contributed by atoms with Crippen LogP contribution in [0.5, 0.6) is 0 Å². The van der Waals surface area contributed by atoms with Gasteiger partial charge in [0.15, 0.2) is 0 Å². The first kappa shape index (κ1) is 13.5. The molecule has 0 bridgehead atoms. The van der Waals surface area contributed by atoms with Crippen molar-refractivity contribution >= 4 is 5.97 Å². The fourth-order valence-corrected chi connectivity index (χ4v) is 1.54. The van der Waals surface area contributed by atoms with Crippen molar-refractivity contribution in [3.63, 3.8) is 0 Å². The van der Waals surface area contributed by atoms with Crippen LogP contribution in [0.2, 0.25) is 0 Å². The van der Waals surface area contributed by atoms with Gasteiger partial charge in [-0.25, -0.2) is 0 Å². The van der Waals surface area contributed by atoms with Gasteiger partial charge in [0, 0.05) is 13.2 Å². The lowest BCUT2D eigenvalue weighted by molar-refractivity contribution is -0.156. The molecule has 1 aliphatic heterocycles. The van der Waals surface area contributed by atoms with Crippen LogP contribution >= 0.6 is 0 Å². The van der Waals surface area contributed by atoms with Gasteiger partial charge in [-0.1, -0.05) is 0 Å². The molecule has 0 amide bonds. The molecule has 1 rings (SSSR count). The zero-order valence-electron chi connectivity index (χ0n) is 10.5. The van der Waals surface area contributed by atoms with E-state index in [1.165, 1.54) is 0 Å². The Morgan fingerprint density at radius 3 is 2.50 bits per heavy atom. The Balaban J connectivity index is 2.08. The number of carbonyl (C=O) groups excluding carboxylic acids is 1. The average molecular weight is 230 g/mol. The van der Waals surface area contributed by atoms with Gasteiger partial charge < -0.3 is 14.2 Å². The van der Waals surface area contributed by atoms with Crippen LogP contribution < -0.4 is 0 Å². The fraction of sp³-hybridized carbons (Fsp3) is 0.917. The Bertz CT molecular complexity index is 214. The highest BCUT2D eigenvalue weighted by molar-refractivity contribution is 5.69. The van der Waals surface area contributed by atoms with Gasteiger partial charge in [0.05, 0.1) is 19.1 Å². The van der Waals surface area contributed by atoms with E-state index in [9.17, 15) is 4.79 Å². The molecule has 0 spiro atoms. The highest BCUT2D eigenvalue weighted by atomic mass is 16.6. The summed E-state index contributed by atoms with van der Waals surface area (Å²) in [6.45, 7) is 7.56. The smallest absolute Gasteiger partial charge is 0.308 e. The van der Waals surface area contributed by atoms with Gasteiger partial charge in [0.2, 0.25) is 0 Å². The number of hydrogen-bond acceptors (Lipinski definition) is 4. The molecule has 1 fully saturated rings. The van der Waals surface area contributed by atoms with Crippen LogP contribution in [-0.2, 0) is 19.0 Å². The summed E-state index contributed by atoms with van der Waals surface area (Å²) in [6, 6.07) is 0. The van der Waals surface area contributed by atoms with Crippen molar-refractivity contribution in [2.75, 3.05) is 19.8 Å². The van der Waals surface area contributed by atoms with Crippen molar-refractivity contribution in [3.8, 4) is 0 Å². The molecule has 16 heavy (non-hydrogen) atoms. The molecule has 0 saturated carbocycles. The largest absolute Gasteiger partial charge is 0.460 e. The predicted molar refractivity (Wildman–Crippen MR) is 60.3 cm³/mol. The van der Waals surface area contributed by atoms with E-state index >= 15 is 0 Å². The van der Waals surface area contributed by atoms with Crippen molar-refractivity contribution in [1.29, 1.82) is 0 Å². The quantitative estimate of drug-likeness (QED) is 0.692. The maximum atomic E-state index is 11.4. The Morgan fingerprint density at radius 2 is 1.94 bits per heavy atom.